The van der Waals surface area contributed by atoms with Gasteiger partial charge in [0.05, 0.1) is 5.75 Å². The van der Waals surface area contributed by atoms with Gasteiger partial charge in [-0.15, -0.1) is 0 Å². The van der Waals surface area contributed by atoms with E-state index >= 15 is 0 Å². The van der Waals surface area contributed by atoms with E-state index in [2.05, 4.69) is 4.18 Å². The van der Waals surface area contributed by atoms with Crippen LogP contribution in [-0.2, 0) is 10.1 Å². The van der Waals surface area contributed by atoms with Crippen LogP contribution >= 0.6 is 0 Å². The maximum atomic E-state index is 11.3. The molecule has 1 aromatic rings. The number of benzene rings is 1. The van der Waals surface area contributed by atoms with E-state index in [0.29, 0.717) is 0 Å². The SMILES string of the molecule is O=S(=O)(CC[Si](O)(O)O)Oc1ccccc1. The van der Waals surface area contributed by atoms with Gasteiger partial charge in [0.15, 0.2) is 0 Å². The molecule has 0 unspecified atom stereocenters. The van der Waals surface area contributed by atoms with Crippen LogP contribution in [0.4, 0.5) is 0 Å². The largest absolute Gasteiger partial charge is 0.493 e. The first-order valence-electron chi connectivity index (χ1n) is 4.43. The van der Waals surface area contributed by atoms with Gasteiger partial charge in [-0.1, -0.05) is 18.2 Å². The molecule has 0 heterocycles. The smallest absolute Gasteiger partial charge is 0.390 e. The van der Waals surface area contributed by atoms with Crippen molar-refractivity contribution >= 4 is 18.9 Å². The maximum absolute atomic E-state index is 11.3. The summed E-state index contributed by atoms with van der Waals surface area (Å²) in [5, 5.41) is 0. The molecule has 0 aliphatic carbocycles. The van der Waals surface area contributed by atoms with Crippen molar-refractivity contribution < 1.29 is 27.0 Å². The molecular formula is C8H12O6SSi. The van der Waals surface area contributed by atoms with E-state index in [1.165, 1.54) is 12.1 Å². The van der Waals surface area contributed by atoms with Crippen LogP contribution < -0.4 is 4.18 Å². The molecule has 3 N–H and O–H groups in total. The zero-order valence-corrected chi connectivity index (χ0v) is 10.1. The summed E-state index contributed by atoms with van der Waals surface area (Å²) in [6.07, 6.45) is 0. The molecule has 0 fully saturated rings. The minimum atomic E-state index is -4.34. The molecule has 0 aliphatic rings. The van der Waals surface area contributed by atoms with E-state index in [1.807, 2.05) is 0 Å². The summed E-state index contributed by atoms with van der Waals surface area (Å²) in [7, 11) is -8.26. The fourth-order valence-electron chi connectivity index (χ4n) is 0.926. The van der Waals surface area contributed by atoms with Crippen LogP contribution in [0, 0.1) is 0 Å². The van der Waals surface area contributed by atoms with Crippen molar-refractivity contribution in [3.8, 4) is 5.75 Å². The number of hydrogen-bond acceptors (Lipinski definition) is 6. The molecule has 16 heavy (non-hydrogen) atoms. The van der Waals surface area contributed by atoms with Gasteiger partial charge in [-0.3, -0.25) is 0 Å². The van der Waals surface area contributed by atoms with Gasteiger partial charge in [-0.2, -0.15) is 8.42 Å². The lowest BCUT2D eigenvalue weighted by Gasteiger charge is -2.10. The highest BCUT2D eigenvalue weighted by atomic mass is 32.2. The Bertz CT molecular complexity index is 424. The second-order valence-corrected chi connectivity index (χ2v) is 6.92. The Morgan fingerprint density at radius 1 is 1.12 bits per heavy atom. The molecule has 1 aromatic carbocycles. The molecule has 0 saturated heterocycles. The monoisotopic (exact) mass is 264 g/mol. The minimum Gasteiger partial charge on any atom is -0.390 e. The standard InChI is InChI=1S/C8H12O6SSi/c9-15(10,6-7-16(11,12)13)14-8-4-2-1-3-5-8/h1-5,11-13H,6-7H2. The van der Waals surface area contributed by atoms with E-state index in [-0.39, 0.29) is 5.75 Å². The molecule has 0 atom stereocenters. The molecule has 0 amide bonds. The Balaban J connectivity index is 2.60. The molecule has 90 valence electrons. The predicted octanol–water partition coefficient (Wildman–Crippen LogP) is -0.689. The van der Waals surface area contributed by atoms with Gasteiger partial charge in [-0.05, 0) is 12.1 Å². The first-order chi connectivity index (χ1) is 7.29. The molecule has 0 bridgehead atoms. The Hall–Kier alpha value is -0.933. The van der Waals surface area contributed by atoms with Crippen LogP contribution in [0.3, 0.4) is 0 Å². The maximum Gasteiger partial charge on any atom is 0.493 e. The highest BCUT2D eigenvalue weighted by Gasteiger charge is 2.30. The third-order valence-corrected chi connectivity index (χ3v) is 4.09. The van der Waals surface area contributed by atoms with Gasteiger partial charge in [0, 0.05) is 6.04 Å². The normalized spacial score (nSPS) is 12.4. The number of hydrogen-bond donors (Lipinski definition) is 3. The third kappa shape index (κ3) is 5.23. The quantitative estimate of drug-likeness (QED) is 0.480. The van der Waals surface area contributed by atoms with E-state index in [0.717, 1.165) is 0 Å². The molecule has 8 heteroatoms. The molecule has 0 aromatic heterocycles. The first kappa shape index (κ1) is 13.1. The van der Waals surface area contributed by atoms with Crippen LogP contribution in [-0.4, -0.2) is 37.4 Å². The lowest BCUT2D eigenvalue weighted by Crippen LogP contribution is -2.37. The molecule has 0 saturated carbocycles. The van der Waals surface area contributed by atoms with Crippen molar-refractivity contribution in [1.82, 2.24) is 0 Å². The highest BCUT2D eigenvalue weighted by molar-refractivity contribution is 7.87. The predicted molar refractivity (Wildman–Crippen MR) is 58.1 cm³/mol. The summed E-state index contributed by atoms with van der Waals surface area (Å²) in [5.74, 6) is -0.499. The van der Waals surface area contributed by atoms with Crippen LogP contribution in [0.25, 0.3) is 0 Å². The van der Waals surface area contributed by atoms with Gasteiger partial charge in [0.1, 0.15) is 5.75 Å². The molecular weight excluding hydrogens is 252 g/mol. The summed E-state index contributed by atoms with van der Waals surface area (Å²) >= 11 is 0. The zero-order chi connectivity index (χ0) is 12.2. The lowest BCUT2D eigenvalue weighted by atomic mass is 10.3. The summed E-state index contributed by atoms with van der Waals surface area (Å²) in [6.45, 7) is 0. The van der Waals surface area contributed by atoms with Crippen molar-refractivity contribution in [1.29, 1.82) is 0 Å². The fraction of sp³-hybridized carbons (Fsp3) is 0.250. The zero-order valence-electron chi connectivity index (χ0n) is 8.28. The fourth-order valence-corrected chi connectivity index (χ4v) is 3.51. The average Bonchev–Trinajstić information content (AvgIpc) is 2.15. The summed E-state index contributed by atoms with van der Waals surface area (Å²) in [5.41, 5.74) is 0. The topological polar surface area (TPSA) is 104 Å². The Morgan fingerprint density at radius 3 is 2.19 bits per heavy atom. The highest BCUT2D eigenvalue weighted by Crippen LogP contribution is 2.13. The van der Waals surface area contributed by atoms with Gasteiger partial charge < -0.3 is 18.6 Å². The number of para-hydroxylation sites is 1. The second-order valence-electron chi connectivity index (χ2n) is 3.18. The van der Waals surface area contributed by atoms with Crippen molar-refractivity contribution in [2.24, 2.45) is 0 Å². The molecule has 0 radical (unpaired) electrons. The Morgan fingerprint density at radius 2 is 1.69 bits per heavy atom. The second kappa shape index (κ2) is 4.93. The van der Waals surface area contributed by atoms with Crippen LogP contribution in [0.1, 0.15) is 0 Å². The minimum absolute atomic E-state index is 0.142. The van der Waals surface area contributed by atoms with Crippen molar-refractivity contribution in [3.63, 3.8) is 0 Å². The van der Waals surface area contributed by atoms with Gasteiger partial charge >= 0.3 is 18.9 Å². The number of rotatable bonds is 5. The molecule has 1 rings (SSSR count). The average molecular weight is 264 g/mol. The molecule has 6 nitrogen and oxygen atoms in total. The van der Waals surface area contributed by atoms with Gasteiger partial charge in [0.2, 0.25) is 0 Å². The summed E-state index contributed by atoms with van der Waals surface area (Å²) in [6, 6.07) is 7.22. The van der Waals surface area contributed by atoms with E-state index in [4.69, 9.17) is 14.4 Å². The molecule has 0 aliphatic heterocycles. The van der Waals surface area contributed by atoms with Gasteiger partial charge in [0.25, 0.3) is 0 Å². The van der Waals surface area contributed by atoms with E-state index < -0.39 is 30.7 Å². The van der Waals surface area contributed by atoms with E-state index in [9.17, 15) is 8.42 Å². The summed E-state index contributed by atoms with van der Waals surface area (Å²) in [4.78, 5) is 26.0. The lowest BCUT2D eigenvalue weighted by molar-refractivity contribution is 0.230. The van der Waals surface area contributed by atoms with Crippen LogP contribution in [0.15, 0.2) is 30.3 Å². The van der Waals surface area contributed by atoms with E-state index in [1.54, 1.807) is 18.2 Å². The van der Waals surface area contributed by atoms with Crippen molar-refractivity contribution in [3.05, 3.63) is 30.3 Å². The third-order valence-electron chi connectivity index (χ3n) is 1.65. The molecule has 0 spiro atoms. The Labute approximate surface area is 94.2 Å². The van der Waals surface area contributed by atoms with Crippen molar-refractivity contribution in [2.75, 3.05) is 5.75 Å². The first-order valence-corrected chi connectivity index (χ1v) is 8.05. The Kier molecular flexibility index (Phi) is 4.05. The van der Waals surface area contributed by atoms with Crippen LogP contribution in [0.2, 0.25) is 6.04 Å². The van der Waals surface area contributed by atoms with Gasteiger partial charge in [-0.25, -0.2) is 0 Å². The van der Waals surface area contributed by atoms with Crippen molar-refractivity contribution in [2.45, 2.75) is 6.04 Å². The summed E-state index contributed by atoms with van der Waals surface area (Å²) < 4.78 is 27.3. The van der Waals surface area contributed by atoms with Crippen LogP contribution in [0.5, 0.6) is 5.75 Å².